The summed E-state index contributed by atoms with van der Waals surface area (Å²) in [4.78, 5) is 0. The first kappa shape index (κ1) is 10.5. The van der Waals surface area contributed by atoms with Crippen LogP contribution in [0.2, 0.25) is 0 Å². The Morgan fingerprint density at radius 1 is 1.31 bits per heavy atom. The third kappa shape index (κ3) is 2.99. The minimum absolute atomic E-state index is 0.0624. The van der Waals surface area contributed by atoms with Gasteiger partial charge in [-0.2, -0.15) is 0 Å². The van der Waals surface area contributed by atoms with E-state index in [9.17, 15) is 4.39 Å². The average Bonchev–Trinajstić information content (AvgIpc) is 2.03. The number of para-hydroxylation sites is 1. The molecule has 1 aromatic carbocycles. The molecule has 0 bridgehead atoms. The molecule has 0 spiro atoms. The lowest BCUT2D eigenvalue weighted by Crippen LogP contribution is -2.07. The summed E-state index contributed by atoms with van der Waals surface area (Å²) >= 11 is 2.88. The molecule has 0 fully saturated rings. The first-order chi connectivity index (χ1) is 6.11. The maximum Gasteiger partial charge on any atom is 0.183 e. The standard InChI is InChI=1S/C10H12BrFO/c1-7(2)13-9-6-4-3-5-8(9)10(11)12/h3-7,10H,1-2H3. The molecule has 0 saturated heterocycles. The Balaban J connectivity index is 2.91. The van der Waals surface area contributed by atoms with E-state index in [4.69, 9.17) is 4.74 Å². The molecule has 1 rings (SSSR count). The van der Waals surface area contributed by atoms with Crippen LogP contribution >= 0.6 is 15.9 Å². The fourth-order valence-corrected chi connectivity index (χ4v) is 1.40. The third-order valence-corrected chi connectivity index (χ3v) is 2.01. The molecule has 1 nitrogen and oxygen atoms in total. The van der Waals surface area contributed by atoms with E-state index in [1.165, 1.54) is 0 Å². The van der Waals surface area contributed by atoms with E-state index in [0.717, 1.165) is 0 Å². The fourth-order valence-electron chi connectivity index (χ4n) is 1.02. The number of hydrogen-bond acceptors (Lipinski definition) is 1. The highest BCUT2D eigenvalue weighted by molar-refractivity contribution is 9.09. The molecular weight excluding hydrogens is 235 g/mol. The Morgan fingerprint density at radius 3 is 2.46 bits per heavy atom. The van der Waals surface area contributed by atoms with Gasteiger partial charge in [-0.1, -0.05) is 18.2 Å². The Kier molecular flexibility index (Phi) is 3.72. The predicted molar refractivity (Wildman–Crippen MR) is 55.0 cm³/mol. The van der Waals surface area contributed by atoms with Gasteiger partial charge in [-0.3, -0.25) is 0 Å². The number of halogens is 2. The highest BCUT2D eigenvalue weighted by Crippen LogP contribution is 2.32. The first-order valence-electron chi connectivity index (χ1n) is 4.15. The van der Waals surface area contributed by atoms with Crippen molar-refractivity contribution >= 4 is 15.9 Å². The Bertz CT molecular complexity index is 273. The van der Waals surface area contributed by atoms with Crippen LogP contribution in [-0.2, 0) is 0 Å². The third-order valence-electron chi connectivity index (χ3n) is 1.52. The number of ether oxygens (including phenoxy) is 1. The molecule has 0 radical (unpaired) electrons. The quantitative estimate of drug-likeness (QED) is 0.737. The average molecular weight is 247 g/mol. The molecule has 0 heterocycles. The zero-order valence-corrected chi connectivity index (χ0v) is 9.21. The van der Waals surface area contributed by atoms with Crippen LogP contribution in [0, 0.1) is 0 Å². The molecule has 0 aliphatic heterocycles. The maximum absolute atomic E-state index is 13.0. The van der Waals surface area contributed by atoms with Gasteiger partial charge in [0.2, 0.25) is 0 Å². The Morgan fingerprint density at radius 2 is 1.92 bits per heavy atom. The van der Waals surface area contributed by atoms with Crippen molar-refractivity contribution < 1.29 is 9.13 Å². The second-order valence-corrected chi connectivity index (χ2v) is 3.81. The summed E-state index contributed by atoms with van der Waals surface area (Å²) in [5.74, 6) is 0.599. The summed E-state index contributed by atoms with van der Waals surface area (Å²) in [6.07, 6.45) is 0.0624. The van der Waals surface area contributed by atoms with E-state index >= 15 is 0 Å². The highest BCUT2D eigenvalue weighted by Gasteiger charge is 2.11. The molecule has 3 heteroatoms. The summed E-state index contributed by atoms with van der Waals surface area (Å²) < 4.78 is 18.4. The minimum atomic E-state index is -1.16. The van der Waals surface area contributed by atoms with Gasteiger partial charge in [0.15, 0.2) is 5.08 Å². The molecule has 1 atom stereocenters. The molecule has 0 aromatic heterocycles. The zero-order chi connectivity index (χ0) is 9.84. The zero-order valence-electron chi connectivity index (χ0n) is 7.63. The molecule has 1 aromatic rings. The lowest BCUT2D eigenvalue weighted by atomic mass is 10.2. The lowest BCUT2D eigenvalue weighted by molar-refractivity contribution is 0.237. The van der Waals surface area contributed by atoms with Gasteiger partial charge in [0, 0.05) is 5.56 Å². The molecule has 0 N–H and O–H groups in total. The van der Waals surface area contributed by atoms with Crippen LogP contribution in [0.1, 0.15) is 24.5 Å². The van der Waals surface area contributed by atoms with E-state index in [-0.39, 0.29) is 6.10 Å². The van der Waals surface area contributed by atoms with E-state index in [0.29, 0.717) is 11.3 Å². The van der Waals surface area contributed by atoms with Gasteiger partial charge in [0.1, 0.15) is 5.75 Å². The van der Waals surface area contributed by atoms with Crippen molar-refractivity contribution in [2.75, 3.05) is 0 Å². The summed E-state index contributed by atoms with van der Waals surface area (Å²) in [6, 6.07) is 7.09. The second kappa shape index (κ2) is 4.61. The van der Waals surface area contributed by atoms with E-state index < -0.39 is 5.08 Å². The van der Waals surface area contributed by atoms with E-state index in [1.54, 1.807) is 18.2 Å². The van der Waals surface area contributed by atoms with Crippen LogP contribution in [0.15, 0.2) is 24.3 Å². The first-order valence-corrected chi connectivity index (χ1v) is 5.06. The number of hydrogen-bond donors (Lipinski definition) is 0. The number of rotatable bonds is 3. The number of benzene rings is 1. The van der Waals surface area contributed by atoms with Crippen molar-refractivity contribution in [1.29, 1.82) is 0 Å². The van der Waals surface area contributed by atoms with Crippen molar-refractivity contribution in [2.24, 2.45) is 0 Å². The fraction of sp³-hybridized carbons (Fsp3) is 0.400. The van der Waals surface area contributed by atoms with Crippen molar-refractivity contribution in [3.05, 3.63) is 29.8 Å². The molecule has 13 heavy (non-hydrogen) atoms. The van der Waals surface area contributed by atoms with Gasteiger partial charge in [-0.05, 0) is 35.8 Å². The summed E-state index contributed by atoms with van der Waals surface area (Å²) in [5.41, 5.74) is 0.538. The topological polar surface area (TPSA) is 9.23 Å². The maximum atomic E-state index is 13.0. The largest absolute Gasteiger partial charge is 0.491 e. The smallest absolute Gasteiger partial charge is 0.183 e. The van der Waals surface area contributed by atoms with E-state index in [1.807, 2.05) is 19.9 Å². The monoisotopic (exact) mass is 246 g/mol. The Hall–Kier alpha value is -0.570. The summed E-state index contributed by atoms with van der Waals surface area (Å²) in [7, 11) is 0. The highest BCUT2D eigenvalue weighted by atomic mass is 79.9. The van der Waals surface area contributed by atoms with Crippen molar-refractivity contribution in [2.45, 2.75) is 25.0 Å². The van der Waals surface area contributed by atoms with Crippen LogP contribution in [0.5, 0.6) is 5.75 Å². The van der Waals surface area contributed by atoms with Gasteiger partial charge in [-0.15, -0.1) is 0 Å². The van der Waals surface area contributed by atoms with Crippen LogP contribution < -0.4 is 4.74 Å². The second-order valence-electron chi connectivity index (χ2n) is 3.01. The van der Waals surface area contributed by atoms with Crippen LogP contribution in [0.4, 0.5) is 4.39 Å². The predicted octanol–water partition coefficient (Wildman–Crippen LogP) is 3.84. The van der Waals surface area contributed by atoms with Gasteiger partial charge in [0.05, 0.1) is 6.10 Å². The molecule has 0 aliphatic rings. The van der Waals surface area contributed by atoms with Crippen molar-refractivity contribution in [1.82, 2.24) is 0 Å². The number of alkyl halides is 2. The van der Waals surface area contributed by atoms with Gasteiger partial charge < -0.3 is 4.74 Å². The van der Waals surface area contributed by atoms with Crippen molar-refractivity contribution in [3.8, 4) is 5.75 Å². The van der Waals surface area contributed by atoms with E-state index in [2.05, 4.69) is 15.9 Å². The molecule has 0 aliphatic carbocycles. The van der Waals surface area contributed by atoms with Crippen molar-refractivity contribution in [3.63, 3.8) is 0 Å². The minimum Gasteiger partial charge on any atom is -0.491 e. The van der Waals surface area contributed by atoms with Crippen LogP contribution in [0.3, 0.4) is 0 Å². The summed E-state index contributed by atoms with van der Waals surface area (Å²) in [6.45, 7) is 3.83. The van der Waals surface area contributed by atoms with Gasteiger partial charge in [-0.25, -0.2) is 4.39 Å². The van der Waals surface area contributed by atoms with Gasteiger partial charge in [0.25, 0.3) is 0 Å². The van der Waals surface area contributed by atoms with Gasteiger partial charge >= 0.3 is 0 Å². The summed E-state index contributed by atoms with van der Waals surface area (Å²) in [5, 5.41) is -1.16. The Labute approximate surface area is 86.0 Å². The normalized spacial score (nSPS) is 13.0. The molecular formula is C10H12BrFO. The molecule has 0 saturated carbocycles. The van der Waals surface area contributed by atoms with Crippen LogP contribution in [0.25, 0.3) is 0 Å². The SMILES string of the molecule is CC(C)Oc1ccccc1C(F)Br. The van der Waals surface area contributed by atoms with Crippen LogP contribution in [-0.4, -0.2) is 6.10 Å². The lowest BCUT2D eigenvalue weighted by Gasteiger charge is -2.13. The molecule has 0 amide bonds. The molecule has 1 unspecified atom stereocenters. The molecule has 72 valence electrons.